The minimum Gasteiger partial charge on any atom is -0.460 e. The molecule has 37 heavy (non-hydrogen) atoms. The van der Waals surface area contributed by atoms with E-state index in [1.807, 2.05) is 30.3 Å². The van der Waals surface area contributed by atoms with Crippen LogP contribution in [0, 0.1) is 12.8 Å². The Bertz CT molecular complexity index is 1520. The van der Waals surface area contributed by atoms with Crippen molar-refractivity contribution in [3.05, 3.63) is 116 Å². The third-order valence-electron chi connectivity index (χ3n) is 7.34. The van der Waals surface area contributed by atoms with Crippen molar-refractivity contribution in [1.82, 2.24) is 5.32 Å². The Morgan fingerprint density at radius 2 is 1.73 bits per heavy atom. The van der Waals surface area contributed by atoms with Gasteiger partial charge in [-0.2, -0.15) is 0 Å². The van der Waals surface area contributed by atoms with Crippen LogP contribution in [0.4, 0.5) is 0 Å². The number of amidine groups is 1. The molecule has 0 bridgehead atoms. The second-order valence-electron chi connectivity index (χ2n) is 11.0. The maximum absolute atomic E-state index is 13.9. The van der Waals surface area contributed by atoms with Crippen LogP contribution in [-0.4, -0.2) is 17.4 Å². The van der Waals surface area contributed by atoms with Crippen LogP contribution in [0.15, 0.2) is 87.0 Å². The number of hydrogen-bond donors (Lipinski definition) is 1. The zero-order valence-corrected chi connectivity index (χ0v) is 22.8. The van der Waals surface area contributed by atoms with Crippen LogP contribution >= 0.6 is 11.6 Å². The number of aryl methyl sites for hydroxylation is 1. The summed E-state index contributed by atoms with van der Waals surface area (Å²) in [5.41, 5.74) is 4.19. The fourth-order valence-corrected chi connectivity index (χ4v) is 5.53. The Morgan fingerprint density at radius 1 is 1.03 bits per heavy atom. The van der Waals surface area contributed by atoms with Crippen molar-refractivity contribution in [2.75, 3.05) is 0 Å². The Labute approximate surface area is 223 Å². The standard InChI is InChI=1S/C32H33ClN2O2/c1-19(2)27(30-32(4,5)35-31(34-30)22-13-11-20(3)12-14-22)29-25(17-21-9-7-6-8-10-21)28(36)24-16-15-23(33)18-26(24)37-29/h6-16,18-19,27,30H,17H2,1-5H3,(H,34,35). The van der Waals surface area contributed by atoms with E-state index in [9.17, 15) is 4.79 Å². The van der Waals surface area contributed by atoms with Crippen LogP contribution in [0.2, 0.25) is 5.02 Å². The van der Waals surface area contributed by atoms with Gasteiger partial charge in [-0.05, 0) is 44.4 Å². The molecular formula is C32H33ClN2O2. The summed E-state index contributed by atoms with van der Waals surface area (Å²) in [5.74, 6) is 1.62. The topological polar surface area (TPSA) is 54.6 Å². The summed E-state index contributed by atoms with van der Waals surface area (Å²) in [7, 11) is 0. The second kappa shape index (κ2) is 9.83. The summed E-state index contributed by atoms with van der Waals surface area (Å²) in [6.45, 7) is 10.8. The van der Waals surface area contributed by atoms with Crippen molar-refractivity contribution in [2.45, 2.75) is 58.5 Å². The zero-order chi connectivity index (χ0) is 26.3. The number of benzene rings is 3. The first-order chi connectivity index (χ1) is 17.6. The first-order valence-corrected chi connectivity index (χ1v) is 13.2. The predicted molar refractivity (Wildman–Crippen MR) is 153 cm³/mol. The average Bonchev–Trinajstić information content (AvgIpc) is 3.17. The molecule has 3 aromatic carbocycles. The van der Waals surface area contributed by atoms with Crippen LogP contribution in [0.25, 0.3) is 11.0 Å². The summed E-state index contributed by atoms with van der Waals surface area (Å²) < 4.78 is 6.63. The Balaban J connectivity index is 1.70. The van der Waals surface area contributed by atoms with E-state index in [0.29, 0.717) is 33.7 Å². The van der Waals surface area contributed by atoms with Gasteiger partial charge < -0.3 is 9.73 Å². The molecule has 1 N–H and O–H groups in total. The number of halogens is 1. The molecule has 0 saturated carbocycles. The number of nitrogens with one attached hydrogen (secondary N) is 1. The Hall–Kier alpha value is -3.37. The van der Waals surface area contributed by atoms with Gasteiger partial charge in [0.15, 0.2) is 5.43 Å². The minimum absolute atomic E-state index is 0.00563. The molecule has 5 rings (SSSR count). The van der Waals surface area contributed by atoms with Gasteiger partial charge in [-0.25, -0.2) is 0 Å². The van der Waals surface area contributed by atoms with E-state index in [-0.39, 0.29) is 28.8 Å². The Kier molecular flexibility index (Phi) is 6.72. The van der Waals surface area contributed by atoms with E-state index in [1.54, 1.807) is 18.2 Å². The van der Waals surface area contributed by atoms with Crippen molar-refractivity contribution >= 4 is 28.4 Å². The number of aliphatic imine (C=N–C) groups is 1. The van der Waals surface area contributed by atoms with E-state index < -0.39 is 0 Å². The lowest BCUT2D eigenvalue weighted by molar-refractivity contribution is 0.275. The molecule has 0 saturated heterocycles. The lowest BCUT2D eigenvalue weighted by Gasteiger charge is -2.35. The highest BCUT2D eigenvalue weighted by atomic mass is 35.5. The van der Waals surface area contributed by atoms with Gasteiger partial charge in [0, 0.05) is 34.6 Å². The van der Waals surface area contributed by atoms with Gasteiger partial charge in [0.25, 0.3) is 0 Å². The van der Waals surface area contributed by atoms with Crippen LogP contribution in [0.3, 0.4) is 0 Å². The quantitative estimate of drug-likeness (QED) is 0.295. The SMILES string of the molecule is Cc1ccc(C2=NC(C(c3oc4cc(Cl)ccc4c(=O)c3Cc3ccccc3)C(C)C)C(C)(C)N2)cc1. The third kappa shape index (κ3) is 4.95. The van der Waals surface area contributed by atoms with Crippen molar-refractivity contribution < 1.29 is 4.42 Å². The van der Waals surface area contributed by atoms with Gasteiger partial charge in [-0.15, -0.1) is 0 Å². The van der Waals surface area contributed by atoms with Crippen LogP contribution in [-0.2, 0) is 6.42 Å². The van der Waals surface area contributed by atoms with E-state index in [0.717, 1.165) is 17.0 Å². The van der Waals surface area contributed by atoms with E-state index >= 15 is 0 Å². The van der Waals surface area contributed by atoms with Crippen molar-refractivity contribution in [1.29, 1.82) is 0 Å². The predicted octanol–water partition coefficient (Wildman–Crippen LogP) is 7.28. The lowest BCUT2D eigenvalue weighted by atomic mass is 9.76. The molecule has 0 aliphatic carbocycles. The molecule has 4 nitrogen and oxygen atoms in total. The molecular weight excluding hydrogens is 480 g/mol. The summed E-state index contributed by atoms with van der Waals surface area (Å²) in [5, 5.41) is 4.75. The fourth-order valence-electron chi connectivity index (χ4n) is 5.37. The largest absolute Gasteiger partial charge is 0.460 e. The molecule has 2 atom stereocenters. The van der Waals surface area contributed by atoms with E-state index in [1.165, 1.54) is 5.56 Å². The van der Waals surface area contributed by atoms with Gasteiger partial charge in [-0.3, -0.25) is 9.79 Å². The van der Waals surface area contributed by atoms with Crippen molar-refractivity contribution in [3.63, 3.8) is 0 Å². The molecule has 0 amide bonds. The van der Waals surface area contributed by atoms with Crippen LogP contribution < -0.4 is 10.7 Å². The Morgan fingerprint density at radius 3 is 2.41 bits per heavy atom. The second-order valence-corrected chi connectivity index (χ2v) is 11.4. The maximum atomic E-state index is 13.9. The molecule has 4 aromatic rings. The molecule has 2 heterocycles. The number of nitrogens with zero attached hydrogens (tertiary/aromatic N) is 1. The highest BCUT2D eigenvalue weighted by Crippen LogP contribution is 2.40. The molecule has 1 aromatic heterocycles. The molecule has 2 unspecified atom stereocenters. The summed E-state index contributed by atoms with van der Waals surface area (Å²) in [4.78, 5) is 19.2. The van der Waals surface area contributed by atoms with Crippen molar-refractivity contribution in [3.8, 4) is 0 Å². The molecule has 5 heteroatoms. The average molecular weight is 513 g/mol. The highest BCUT2D eigenvalue weighted by molar-refractivity contribution is 6.31. The smallest absolute Gasteiger partial charge is 0.196 e. The number of fused-ring (bicyclic) bond motifs is 1. The van der Waals surface area contributed by atoms with Gasteiger partial charge in [-0.1, -0.05) is 85.6 Å². The molecule has 1 aliphatic heterocycles. The van der Waals surface area contributed by atoms with E-state index in [4.69, 9.17) is 21.0 Å². The molecule has 0 spiro atoms. The minimum atomic E-state index is -0.346. The first kappa shape index (κ1) is 25.3. The lowest BCUT2D eigenvalue weighted by Crippen LogP contribution is -2.48. The van der Waals surface area contributed by atoms with Gasteiger partial charge in [0.1, 0.15) is 17.2 Å². The third-order valence-corrected chi connectivity index (χ3v) is 7.57. The maximum Gasteiger partial charge on any atom is 0.196 e. The summed E-state index contributed by atoms with van der Waals surface area (Å²) in [6.07, 6.45) is 0.495. The van der Waals surface area contributed by atoms with E-state index in [2.05, 4.69) is 64.2 Å². The molecule has 1 aliphatic rings. The molecule has 0 fully saturated rings. The highest BCUT2D eigenvalue weighted by Gasteiger charge is 2.45. The van der Waals surface area contributed by atoms with Crippen molar-refractivity contribution in [2.24, 2.45) is 10.9 Å². The van der Waals surface area contributed by atoms with Crippen LogP contribution in [0.5, 0.6) is 0 Å². The summed E-state index contributed by atoms with van der Waals surface area (Å²) >= 11 is 6.31. The van der Waals surface area contributed by atoms with Gasteiger partial charge in [0.2, 0.25) is 0 Å². The summed E-state index contributed by atoms with van der Waals surface area (Å²) in [6, 6.07) is 23.6. The van der Waals surface area contributed by atoms with Gasteiger partial charge in [0.05, 0.1) is 17.0 Å². The first-order valence-electron chi connectivity index (χ1n) is 12.9. The molecule has 0 radical (unpaired) electrons. The fraction of sp³-hybridized carbons (Fsp3) is 0.312. The normalized spacial score (nSPS) is 17.6. The van der Waals surface area contributed by atoms with Crippen LogP contribution in [0.1, 0.15) is 61.6 Å². The zero-order valence-electron chi connectivity index (χ0n) is 22.0. The molecule has 190 valence electrons. The number of hydrogen-bond acceptors (Lipinski definition) is 4. The van der Waals surface area contributed by atoms with Gasteiger partial charge >= 0.3 is 0 Å². The number of rotatable bonds is 6. The monoisotopic (exact) mass is 512 g/mol.